The van der Waals surface area contributed by atoms with E-state index in [-0.39, 0.29) is 17.4 Å². The first kappa shape index (κ1) is 15.2. The van der Waals surface area contributed by atoms with Crippen molar-refractivity contribution in [2.45, 2.75) is 37.6 Å². The van der Waals surface area contributed by atoms with E-state index in [9.17, 15) is 9.59 Å². The summed E-state index contributed by atoms with van der Waals surface area (Å²) in [5.41, 5.74) is 2.13. The standard InChI is InChI=1S/C19H23N3O2/c1-21-17(23)6-7-19(21)8-10-22(11-9-19)18(24)12-14-13-20-16-5-3-2-4-15(14)16/h2-5,13,20H,6-12H2,1H3. The van der Waals surface area contributed by atoms with E-state index in [1.54, 1.807) is 0 Å². The molecule has 126 valence electrons. The van der Waals surface area contributed by atoms with Gasteiger partial charge in [0.15, 0.2) is 0 Å². The number of nitrogens with zero attached hydrogens (tertiary/aromatic N) is 2. The second-order valence-electron chi connectivity index (χ2n) is 7.09. The van der Waals surface area contributed by atoms with Crippen LogP contribution in [-0.4, -0.2) is 52.3 Å². The number of amides is 2. The molecule has 5 nitrogen and oxygen atoms in total. The van der Waals surface area contributed by atoms with Gasteiger partial charge in [0.05, 0.1) is 6.42 Å². The van der Waals surface area contributed by atoms with Gasteiger partial charge in [0.25, 0.3) is 0 Å². The van der Waals surface area contributed by atoms with E-state index < -0.39 is 0 Å². The van der Waals surface area contributed by atoms with Crippen molar-refractivity contribution < 1.29 is 9.59 Å². The molecule has 0 aliphatic carbocycles. The van der Waals surface area contributed by atoms with Gasteiger partial charge >= 0.3 is 0 Å². The molecule has 2 aliphatic rings. The van der Waals surface area contributed by atoms with Gasteiger partial charge in [0, 0.05) is 49.2 Å². The van der Waals surface area contributed by atoms with Crippen LogP contribution < -0.4 is 0 Å². The van der Waals surface area contributed by atoms with Gasteiger partial charge in [-0.3, -0.25) is 9.59 Å². The second-order valence-corrected chi connectivity index (χ2v) is 7.09. The second kappa shape index (κ2) is 5.65. The third-order valence-electron chi connectivity index (χ3n) is 5.95. The summed E-state index contributed by atoms with van der Waals surface area (Å²) in [7, 11) is 1.92. The van der Waals surface area contributed by atoms with Crippen LogP contribution in [0.25, 0.3) is 10.9 Å². The summed E-state index contributed by atoms with van der Waals surface area (Å²) in [6, 6.07) is 8.08. The molecule has 3 heterocycles. The Morgan fingerprint density at radius 1 is 1.21 bits per heavy atom. The minimum absolute atomic E-state index is 0.00531. The fourth-order valence-corrected chi connectivity index (χ4v) is 4.25. The monoisotopic (exact) mass is 325 g/mol. The summed E-state index contributed by atoms with van der Waals surface area (Å²) in [5, 5.41) is 1.13. The molecule has 0 unspecified atom stereocenters. The Balaban J connectivity index is 1.43. The lowest BCUT2D eigenvalue weighted by molar-refractivity contribution is -0.135. The van der Waals surface area contributed by atoms with Crippen molar-refractivity contribution in [1.82, 2.24) is 14.8 Å². The minimum atomic E-state index is -0.00531. The van der Waals surface area contributed by atoms with E-state index in [1.165, 1.54) is 0 Å². The molecule has 4 rings (SSSR count). The van der Waals surface area contributed by atoms with Gasteiger partial charge < -0.3 is 14.8 Å². The number of carbonyl (C=O) groups is 2. The number of benzene rings is 1. The quantitative estimate of drug-likeness (QED) is 0.921. The van der Waals surface area contributed by atoms with Crippen LogP contribution in [-0.2, 0) is 16.0 Å². The van der Waals surface area contributed by atoms with E-state index in [0.717, 1.165) is 48.8 Å². The Morgan fingerprint density at radius 3 is 2.67 bits per heavy atom. The molecule has 1 aromatic carbocycles. The van der Waals surface area contributed by atoms with Crippen LogP contribution in [0.15, 0.2) is 30.5 Å². The number of rotatable bonds is 2. The molecule has 1 spiro atoms. The Bertz CT molecular complexity index is 787. The van der Waals surface area contributed by atoms with Crippen molar-refractivity contribution >= 4 is 22.7 Å². The lowest BCUT2D eigenvalue weighted by Gasteiger charge is -2.43. The molecule has 0 atom stereocenters. The number of fused-ring (bicyclic) bond motifs is 1. The molecular weight excluding hydrogens is 302 g/mol. The van der Waals surface area contributed by atoms with Crippen LogP contribution in [0.5, 0.6) is 0 Å². The zero-order chi connectivity index (χ0) is 16.7. The molecule has 2 aromatic rings. The molecule has 2 saturated heterocycles. The number of aromatic amines is 1. The van der Waals surface area contributed by atoms with E-state index in [0.29, 0.717) is 12.8 Å². The Morgan fingerprint density at radius 2 is 1.96 bits per heavy atom. The third-order valence-corrected chi connectivity index (χ3v) is 5.95. The normalized spacial score (nSPS) is 20.3. The van der Waals surface area contributed by atoms with Gasteiger partial charge in [0.1, 0.15) is 0 Å². The number of aromatic nitrogens is 1. The molecule has 5 heteroatoms. The molecule has 0 radical (unpaired) electrons. The van der Waals surface area contributed by atoms with Crippen molar-refractivity contribution in [2.75, 3.05) is 20.1 Å². The van der Waals surface area contributed by atoms with Gasteiger partial charge in [-0.25, -0.2) is 0 Å². The lowest BCUT2D eigenvalue weighted by Crippen LogP contribution is -2.53. The highest BCUT2D eigenvalue weighted by Crippen LogP contribution is 2.38. The Hall–Kier alpha value is -2.30. The van der Waals surface area contributed by atoms with Crippen molar-refractivity contribution in [3.63, 3.8) is 0 Å². The first-order chi connectivity index (χ1) is 11.6. The molecule has 1 N–H and O–H groups in total. The van der Waals surface area contributed by atoms with Crippen LogP contribution in [0.1, 0.15) is 31.2 Å². The van der Waals surface area contributed by atoms with Gasteiger partial charge in [-0.05, 0) is 30.9 Å². The highest BCUT2D eigenvalue weighted by Gasteiger charge is 2.45. The zero-order valence-corrected chi connectivity index (χ0v) is 14.0. The lowest BCUT2D eigenvalue weighted by atomic mass is 9.85. The SMILES string of the molecule is CN1C(=O)CCC12CCN(C(=O)Cc1c[nH]c3ccccc13)CC2. The fourth-order valence-electron chi connectivity index (χ4n) is 4.25. The number of hydrogen-bond donors (Lipinski definition) is 1. The highest BCUT2D eigenvalue weighted by atomic mass is 16.2. The summed E-state index contributed by atoms with van der Waals surface area (Å²) < 4.78 is 0. The van der Waals surface area contributed by atoms with Crippen LogP contribution in [0.4, 0.5) is 0 Å². The fraction of sp³-hybridized carbons (Fsp3) is 0.474. The molecule has 24 heavy (non-hydrogen) atoms. The molecule has 2 amide bonds. The molecule has 1 aromatic heterocycles. The number of carbonyl (C=O) groups excluding carboxylic acids is 2. The summed E-state index contributed by atoms with van der Waals surface area (Å²) in [4.78, 5) is 31.6. The van der Waals surface area contributed by atoms with Crippen molar-refractivity contribution in [1.29, 1.82) is 0 Å². The predicted molar refractivity (Wildman–Crippen MR) is 92.6 cm³/mol. The largest absolute Gasteiger partial charge is 0.361 e. The Kier molecular flexibility index (Phi) is 3.59. The molecule has 0 saturated carbocycles. The van der Waals surface area contributed by atoms with Gasteiger partial charge in [0.2, 0.25) is 11.8 Å². The van der Waals surface area contributed by atoms with Crippen LogP contribution in [0, 0.1) is 0 Å². The van der Waals surface area contributed by atoms with Crippen molar-refractivity contribution in [2.24, 2.45) is 0 Å². The average molecular weight is 325 g/mol. The first-order valence-corrected chi connectivity index (χ1v) is 8.68. The number of H-pyrrole nitrogens is 1. The predicted octanol–water partition coefficient (Wildman–Crippen LogP) is 2.32. The van der Waals surface area contributed by atoms with Crippen LogP contribution in [0.2, 0.25) is 0 Å². The maximum atomic E-state index is 12.7. The summed E-state index contributed by atoms with van der Waals surface area (Å²) in [6.07, 6.45) is 5.76. The van der Waals surface area contributed by atoms with Gasteiger partial charge in [-0.2, -0.15) is 0 Å². The molecular formula is C19H23N3O2. The maximum Gasteiger partial charge on any atom is 0.227 e. The topological polar surface area (TPSA) is 56.4 Å². The van der Waals surface area contributed by atoms with Crippen LogP contribution >= 0.6 is 0 Å². The molecule has 2 aliphatic heterocycles. The summed E-state index contributed by atoms with van der Waals surface area (Å²) in [5.74, 6) is 0.426. The molecule has 2 fully saturated rings. The van der Waals surface area contributed by atoms with E-state index in [2.05, 4.69) is 11.1 Å². The van der Waals surface area contributed by atoms with Gasteiger partial charge in [-0.1, -0.05) is 18.2 Å². The number of likely N-dealkylation sites (tertiary alicyclic amines) is 2. The summed E-state index contributed by atoms with van der Waals surface area (Å²) >= 11 is 0. The number of piperidine rings is 1. The minimum Gasteiger partial charge on any atom is -0.361 e. The number of nitrogens with one attached hydrogen (secondary N) is 1. The summed E-state index contributed by atoms with van der Waals surface area (Å²) in [6.45, 7) is 1.50. The smallest absolute Gasteiger partial charge is 0.227 e. The Labute approximate surface area is 141 Å². The number of para-hydroxylation sites is 1. The first-order valence-electron chi connectivity index (χ1n) is 8.68. The maximum absolute atomic E-state index is 12.7. The van der Waals surface area contributed by atoms with E-state index in [4.69, 9.17) is 0 Å². The van der Waals surface area contributed by atoms with Crippen molar-refractivity contribution in [3.05, 3.63) is 36.0 Å². The average Bonchev–Trinajstić information content (AvgIpc) is 3.13. The van der Waals surface area contributed by atoms with Gasteiger partial charge in [-0.15, -0.1) is 0 Å². The van der Waals surface area contributed by atoms with E-state index >= 15 is 0 Å². The molecule has 0 bridgehead atoms. The third kappa shape index (κ3) is 2.39. The van der Waals surface area contributed by atoms with E-state index in [1.807, 2.05) is 41.2 Å². The van der Waals surface area contributed by atoms with Crippen LogP contribution in [0.3, 0.4) is 0 Å². The zero-order valence-electron chi connectivity index (χ0n) is 14.0. The van der Waals surface area contributed by atoms with Crippen molar-refractivity contribution in [3.8, 4) is 0 Å². The highest BCUT2D eigenvalue weighted by molar-refractivity contribution is 5.89. The number of hydrogen-bond acceptors (Lipinski definition) is 2.